The van der Waals surface area contributed by atoms with Gasteiger partial charge in [0.25, 0.3) is 5.91 Å². The second-order valence-corrected chi connectivity index (χ2v) is 8.13. The molecule has 1 amide bonds. The van der Waals surface area contributed by atoms with Crippen molar-refractivity contribution >= 4 is 38.6 Å². The lowest BCUT2D eigenvalue weighted by molar-refractivity contribution is 0.103. The zero-order valence-electron chi connectivity index (χ0n) is 12.1. The summed E-state index contributed by atoms with van der Waals surface area (Å²) in [5, 5.41) is 4.65. The van der Waals surface area contributed by atoms with E-state index in [0.29, 0.717) is 29.2 Å². The molecule has 1 N–H and O–H groups in total. The van der Waals surface area contributed by atoms with Crippen LogP contribution in [0, 0.1) is 6.92 Å². The number of benzene rings is 1. The van der Waals surface area contributed by atoms with Gasteiger partial charge in [0.2, 0.25) is 10.0 Å². The van der Waals surface area contributed by atoms with Crippen molar-refractivity contribution in [2.24, 2.45) is 0 Å². The zero-order valence-corrected chi connectivity index (χ0v) is 13.7. The van der Waals surface area contributed by atoms with Crippen LogP contribution in [0.15, 0.2) is 35.7 Å². The van der Waals surface area contributed by atoms with E-state index in [0.717, 1.165) is 5.56 Å². The Labute approximate surface area is 133 Å². The molecule has 0 spiro atoms. The molecular formula is C15H16N2O3S2. The normalized spacial score (nSPS) is 16.7. The number of rotatable bonds is 3. The van der Waals surface area contributed by atoms with Gasteiger partial charge in [-0.05, 0) is 42.5 Å². The van der Waals surface area contributed by atoms with E-state index in [1.54, 1.807) is 18.2 Å². The van der Waals surface area contributed by atoms with Crippen LogP contribution in [0.3, 0.4) is 0 Å². The molecule has 0 radical (unpaired) electrons. The van der Waals surface area contributed by atoms with Crippen LogP contribution in [0.5, 0.6) is 0 Å². The highest BCUT2D eigenvalue weighted by Crippen LogP contribution is 2.30. The van der Waals surface area contributed by atoms with Gasteiger partial charge in [-0.3, -0.25) is 9.10 Å². The summed E-state index contributed by atoms with van der Waals surface area (Å²) in [5.74, 6) is -0.00724. The molecule has 5 nitrogen and oxygen atoms in total. The molecule has 1 aromatic heterocycles. The van der Waals surface area contributed by atoms with Gasteiger partial charge in [0.1, 0.15) is 0 Å². The predicted molar refractivity (Wildman–Crippen MR) is 89.2 cm³/mol. The zero-order chi connectivity index (χ0) is 15.7. The molecule has 0 aliphatic carbocycles. The third-order valence-electron chi connectivity index (χ3n) is 3.58. The first-order valence-corrected chi connectivity index (χ1v) is 9.42. The van der Waals surface area contributed by atoms with Gasteiger partial charge in [0.05, 0.1) is 16.3 Å². The summed E-state index contributed by atoms with van der Waals surface area (Å²) < 4.78 is 25.6. The SMILES string of the molecule is Cc1ccc(NC(=O)c2cccs2)cc1N1CCCS1(=O)=O. The Hall–Kier alpha value is -1.86. The smallest absolute Gasteiger partial charge is 0.265 e. The molecule has 1 aliphatic rings. The first-order valence-electron chi connectivity index (χ1n) is 6.93. The molecule has 0 atom stereocenters. The fraction of sp³-hybridized carbons (Fsp3) is 0.267. The fourth-order valence-electron chi connectivity index (χ4n) is 2.47. The molecule has 1 aliphatic heterocycles. The number of aryl methyl sites for hydroxylation is 1. The number of carbonyl (C=O) groups is 1. The molecule has 22 heavy (non-hydrogen) atoms. The molecule has 116 valence electrons. The maximum Gasteiger partial charge on any atom is 0.265 e. The van der Waals surface area contributed by atoms with E-state index >= 15 is 0 Å². The van der Waals surface area contributed by atoms with Crippen LogP contribution in [0.25, 0.3) is 0 Å². The second-order valence-electron chi connectivity index (χ2n) is 5.17. The number of thiophene rings is 1. The monoisotopic (exact) mass is 336 g/mol. The Morgan fingerprint density at radius 1 is 1.32 bits per heavy atom. The third kappa shape index (κ3) is 2.86. The largest absolute Gasteiger partial charge is 0.321 e. The standard InChI is InChI=1S/C15H16N2O3S2/c1-11-5-6-12(16-15(18)14-4-2-8-21-14)10-13(11)17-7-3-9-22(17,19)20/h2,4-6,8,10H,3,7,9H2,1H3,(H,16,18). The molecule has 0 bridgehead atoms. The van der Waals surface area contributed by atoms with Crippen molar-refractivity contribution in [2.75, 3.05) is 21.9 Å². The highest BCUT2D eigenvalue weighted by Gasteiger charge is 2.29. The van der Waals surface area contributed by atoms with E-state index in [-0.39, 0.29) is 11.7 Å². The lowest BCUT2D eigenvalue weighted by atomic mass is 10.1. The molecule has 0 unspecified atom stereocenters. The van der Waals surface area contributed by atoms with E-state index in [1.807, 2.05) is 24.4 Å². The van der Waals surface area contributed by atoms with Crippen molar-refractivity contribution in [1.82, 2.24) is 0 Å². The van der Waals surface area contributed by atoms with Crippen molar-refractivity contribution in [2.45, 2.75) is 13.3 Å². The summed E-state index contributed by atoms with van der Waals surface area (Å²) in [6.45, 7) is 2.36. The number of anilines is 2. The number of nitrogens with one attached hydrogen (secondary N) is 1. The highest BCUT2D eigenvalue weighted by molar-refractivity contribution is 7.93. The summed E-state index contributed by atoms with van der Waals surface area (Å²) in [7, 11) is -3.23. The maximum atomic E-state index is 12.1. The molecule has 7 heteroatoms. The van der Waals surface area contributed by atoms with E-state index < -0.39 is 10.0 Å². The first kappa shape index (κ1) is 15.1. The van der Waals surface area contributed by atoms with Gasteiger partial charge in [0.15, 0.2) is 0 Å². The fourth-order valence-corrected chi connectivity index (χ4v) is 4.70. The van der Waals surface area contributed by atoms with Crippen molar-refractivity contribution in [3.63, 3.8) is 0 Å². The topological polar surface area (TPSA) is 66.5 Å². The Kier molecular flexibility index (Phi) is 3.92. The quantitative estimate of drug-likeness (QED) is 0.937. The summed E-state index contributed by atoms with van der Waals surface area (Å²) in [6, 6.07) is 8.90. The molecular weight excluding hydrogens is 320 g/mol. The molecule has 1 fully saturated rings. The van der Waals surface area contributed by atoms with E-state index in [9.17, 15) is 13.2 Å². The Morgan fingerprint density at radius 3 is 2.77 bits per heavy atom. The van der Waals surface area contributed by atoms with Crippen LogP contribution in [0.1, 0.15) is 21.7 Å². The van der Waals surface area contributed by atoms with Gasteiger partial charge in [-0.1, -0.05) is 12.1 Å². The first-order chi connectivity index (χ1) is 10.5. The molecule has 1 aromatic carbocycles. The second kappa shape index (κ2) is 5.73. The third-order valence-corrected chi connectivity index (χ3v) is 6.30. The molecule has 1 saturated heterocycles. The Morgan fingerprint density at radius 2 is 2.14 bits per heavy atom. The van der Waals surface area contributed by atoms with Crippen molar-refractivity contribution in [3.8, 4) is 0 Å². The molecule has 0 saturated carbocycles. The van der Waals surface area contributed by atoms with Gasteiger partial charge in [-0.25, -0.2) is 8.42 Å². The number of amides is 1. The molecule has 3 rings (SSSR count). The van der Waals surface area contributed by atoms with Crippen LogP contribution >= 0.6 is 11.3 Å². The van der Waals surface area contributed by atoms with E-state index in [1.165, 1.54) is 15.6 Å². The van der Waals surface area contributed by atoms with Gasteiger partial charge in [-0.15, -0.1) is 11.3 Å². The summed E-state index contributed by atoms with van der Waals surface area (Å²) in [4.78, 5) is 12.7. The minimum Gasteiger partial charge on any atom is -0.321 e. The van der Waals surface area contributed by atoms with Crippen LogP contribution in [-0.2, 0) is 10.0 Å². The summed E-state index contributed by atoms with van der Waals surface area (Å²) in [6.07, 6.45) is 0.632. The Balaban J connectivity index is 1.89. The number of hydrogen-bond donors (Lipinski definition) is 1. The average molecular weight is 336 g/mol. The minimum atomic E-state index is -3.23. The van der Waals surface area contributed by atoms with Crippen molar-refractivity contribution in [1.29, 1.82) is 0 Å². The van der Waals surface area contributed by atoms with E-state index in [2.05, 4.69) is 5.32 Å². The average Bonchev–Trinajstić information content (AvgIpc) is 3.10. The van der Waals surface area contributed by atoms with Crippen LogP contribution in [0.4, 0.5) is 11.4 Å². The molecule has 2 aromatic rings. The van der Waals surface area contributed by atoms with Gasteiger partial charge >= 0.3 is 0 Å². The number of sulfonamides is 1. The van der Waals surface area contributed by atoms with Gasteiger partial charge < -0.3 is 5.32 Å². The molecule has 2 heterocycles. The van der Waals surface area contributed by atoms with Crippen molar-refractivity contribution < 1.29 is 13.2 Å². The Bertz CT molecular complexity index is 798. The minimum absolute atomic E-state index is 0.179. The highest BCUT2D eigenvalue weighted by atomic mass is 32.2. The summed E-state index contributed by atoms with van der Waals surface area (Å²) >= 11 is 1.36. The van der Waals surface area contributed by atoms with Gasteiger partial charge in [0, 0.05) is 12.2 Å². The lowest BCUT2D eigenvalue weighted by Gasteiger charge is -2.20. The maximum absolute atomic E-state index is 12.1. The van der Waals surface area contributed by atoms with Crippen LogP contribution < -0.4 is 9.62 Å². The predicted octanol–water partition coefficient (Wildman–Crippen LogP) is 2.85. The number of nitrogens with zero attached hydrogens (tertiary/aromatic N) is 1. The van der Waals surface area contributed by atoms with Crippen LogP contribution in [-0.4, -0.2) is 26.6 Å². The number of hydrogen-bond acceptors (Lipinski definition) is 4. The van der Waals surface area contributed by atoms with E-state index in [4.69, 9.17) is 0 Å². The number of carbonyl (C=O) groups excluding carboxylic acids is 1. The van der Waals surface area contributed by atoms with Crippen LogP contribution in [0.2, 0.25) is 0 Å². The summed E-state index contributed by atoms with van der Waals surface area (Å²) in [5.41, 5.74) is 2.11. The lowest BCUT2D eigenvalue weighted by Crippen LogP contribution is -2.26. The van der Waals surface area contributed by atoms with Crippen molar-refractivity contribution in [3.05, 3.63) is 46.2 Å². The van der Waals surface area contributed by atoms with Gasteiger partial charge in [-0.2, -0.15) is 0 Å².